The first-order valence-electron chi connectivity index (χ1n) is 4.77. The van der Waals surface area contributed by atoms with Crippen LogP contribution in [0.25, 0.3) is 11.0 Å². The van der Waals surface area contributed by atoms with Crippen LogP contribution in [0.5, 0.6) is 0 Å². The summed E-state index contributed by atoms with van der Waals surface area (Å²) in [5, 5.41) is 19.7. The lowest BCUT2D eigenvalue weighted by atomic mass is 10.1. The summed E-state index contributed by atoms with van der Waals surface area (Å²) in [6.07, 6.45) is 1.61. The van der Waals surface area contributed by atoms with Crippen LogP contribution in [0.15, 0.2) is 6.20 Å². The quantitative estimate of drug-likeness (QED) is 0.703. The Morgan fingerprint density at radius 3 is 2.94 bits per heavy atom. The van der Waals surface area contributed by atoms with E-state index in [-0.39, 0.29) is 11.9 Å². The summed E-state index contributed by atoms with van der Waals surface area (Å²) >= 11 is 5.78. The SMILES string of the molecule is CC(C)(CO)Nc1nc(Cl)nc2[nH]ncc12. The number of nitrogens with zero attached hydrogens (tertiary/aromatic N) is 3. The number of rotatable bonds is 3. The molecule has 16 heavy (non-hydrogen) atoms. The fourth-order valence-electron chi connectivity index (χ4n) is 1.26. The van der Waals surface area contributed by atoms with Gasteiger partial charge in [0.25, 0.3) is 0 Å². The molecule has 0 saturated heterocycles. The first-order valence-corrected chi connectivity index (χ1v) is 5.15. The Kier molecular flexibility index (Phi) is 2.69. The Bertz CT molecular complexity index is 510. The number of nitrogens with one attached hydrogen (secondary N) is 2. The predicted octanol–water partition coefficient (Wildman–Crippen LogP) is 1.19. The largest absolute Gasteiger partial charge is 0.394 e. The summed E-state index contributed by atoms with van der Waals surface area (Å²) in [7, 11) is 0. The third-order valence-corrected chi connectivity index (χ3v) is 2.30. The van der Waals surface area contributed by atoms with E-state index in [1.807, 2.05) is 13.8 Å². The van der Waals surface area contributed by atoms with Crippen molar-refractivity contribution in [3.05, 3.63) is 11.5 Å². The normalized spacial score (nSPS) is 12.0. The molecule has 0 aliphatic carbocycles. The van der Waals surface area contributed by atoms with Crippen molar-refractivity contribution < 1.29 is 5.11 Å². The molecule has 0 saturated carbocycles. The van der Waals surface area contributed by atoms with Crippen molar-refractivity contribution in [3.8, 4) is 0 Å². The average Bonchev–Trinajstić information content (AvgIpc) is 2.65. The summed E-state index contributed by atoms with van der Waals surface area (Å²) in [6.45, 7) is 3.69. The standard InChI is InChI=1S/C9H12ClN5O/c1-9(2,4-16)14-6-5-3-11-15-7(5)13-8(10)12-6/h3,16H,4H2,1-2H3,(H2,11,12,13,14,15). The minimum Gasteiger partial charge on any atom is -0.394 e. The molecular weight excluding hydrogens is 230 g/mol. The number of aromatic nitrogens is 4. The van der Waals surface area contributed by atoms with Gasteiger partial charge in [-0.05, 0) is 25.4 Å². The molecule has 2 rings (SSSR count). The van der Waals surface area contributed by atoms with Gasteiger partial charge < -0.3 is 10.4 Å². The second-order valence-corrected chi connectivity index (χ2v) is 4.48. The molecule has 2 aromatic heterocycles. The molecule has 0 amide bonds. The summed E-state index contributed by atoms with van der Waals surface area (Å²) in [4.78, 5) is 8.06. The van der Waals surface area contributed by atoms with Crippen molar-refractivity contribution in [2.24, 2.45) is 0 Å². The Morgan fingerprint density at radius 2 is 2.25 bits per heavy atom. The van der Waals surface area contributed by atoms with Crippen LogP contribution in [0.2, 0.25) is 5.28 Å². The Morgan fingerprint density at radius 1 is 1.50 bits per heavy atom. The molecule has 2 heterocycles. The number of hydrogen-bond donors (Lipinski definition) is 3. The molecule has 86 valence electrons. The lowest BCUT2D eigenvalue weighted by Gasteiger charge is -2.24. The molecule has 0 radical (unpaired) electrons. The van der Waals surface area contributed by atoms with Gasteiger partial charge in [0.05, 0.1) is 23.7 Å². The van der Waals surface area contributed by atoms with Gasteiger partial charge in [0.2, 0.25) is 5.28 Å². The van der Waals surface area contributed by atoms with E-state index in [1.54, 1.807) is 6.20 Å². The highest BCUT2D eigenvalue weighted by Gasteiger charge is 2.19. The number of fused-ring (bicyclic) bond motifs is 1. The van der Waals surface area contributed by atoms with Gasteiger partial charge >= 0.3 is 0 Å². The Labute approximate surface area is 97.1 Å². The first kappa shape index (κ1) is 11.1. The highest BCUT2D eigenvalue weighted by Crippen LogP contribution is 2.22. The molecule has 0 aliphatic heterocycles. The van der Waals surface area contributed by atoms with E-state index in [0.29, 0.717) is 11.5 Å². The fourth-order valence-corrected chi connectivity index (χ4v) is 1.43. The lowest BCUT2D eigenvalue weighted by molar-refractivity contribution is 0.234. The van der Waals surface area contributed by atoms with Gasteiger partial charge in [0, 0.05) is 0 Å². The number of aliphatic hydroxyl groups is 1. The van der Waals surface area contributed by atoms with Crippen molar-refractivity contribution in [2.45, 2.75) is 19.4 Å². The average molecular weight is 242 g/mol. The maximum absolute atomic E-state index is 9.19. The lowest BCUT2D eigenvalue weighted by Crippen LogP contribution is -2.35. The van der Waals surface area contributed by atoms with Crippen LogP contribution in [0, 0.1) is 0 Å². The summed E-state index contributed by atoms with van der Waals surface area (Å²) in [5.74, 6) is 0.558. The minimum absolute atomic E-state index is 0.0199. The maximum Gasteiger partial charge on any atom is 0.226 e. The van der Waals surface area contributed by atoms with Crippen molar-refractivity contribution in [2.75, 3.05) is 11.9 Å². The van der Waals surface area contributed by atoms with E-state index in [1.165, 1.54) is 0 Å². The molecule has 0 fully saturated rings. The topological polar surface area (TPSA) is 86.7 Å². The summed E-state index contributed by atoms with van der Waals surface area (Å²) in [5.41, 5.74) is 0.0817. The number of anilines is 1. The van der Waals surface area contributed by atoms with Crippen LogP contribution in [-0.4, -0.2) is 37.4 Å². The van der Waals surface area contributed by atoms with E-state index < -0.39 is 5.54 Å². The summed E-state index contributed by atoms with van der Waals surface area (Å²) in [6, 6.07) is 0. The van der Waals surface area contributed by atoms with Gasteiger partial charge in [0.15, 0.2) is 5.65 Å². The molecular formula is C9H12ClN5O. The molecule has 0 aliphatic rings. The number of hydrogen-bond acceptors (Lipinski definition) is 5. The van der Waals surface area contributed by atoms with E-state index in [0.717, 1.165) is 5.39 Å². The van der Waals surface area contributed by atoms with E-state index >= 15 is 0 Å². The van der Waals surface area contributed by atoms with Crippen LogP contribution >= 0.6 is 11.6 Å². The van der Waals surface area contributed by atoms with Crippen LogP contribution in [-0.2, 0) is 0 Å². The number of halogens is 1. The molecule has 0 bridgehead atoms. The zero-order valence-corrected chi connectivity index (χ0v) is 9.71. The van der Waals surface area contributed by atoms with Crippen LogP contribution in [0.3, 0.4) is 0 Å². The minimum atomic E-state index is -0.484. The Balaban J connectivity index is 2.47. The maximum atomic E-state index is 9.19. The van der Waals surface area contributed by atoms with Crippen LogP contribution in [0.4, 0.5) is 5.82 Å². The third kappa shape index (κ3) is 2.07. The van der Waals surface area contributed by atoms with Gasteiger partial charge in [-0.1, -0.05) is 0 Å². The highest BCUT2D eigenvalue weighted by atomic mass is 35.5. The van der Waals surface area contributed by atoms with Crippen LogP contribution in [0.1, 0.15) is 13.8 Å². The second kappa shape index (κ2) is 3.88. The fraction of sp³-hybridized carbons (Fsp3) is 0.444. The highest BCUT2D eigenvalue weighted by molar-refractivity contribution is 6.28. The third-order valence-electron chi connectivity index (χ3n) is 2.13. The second-order valence-electron chi connectivity index (χ2n) is 4.14. The predicted molar refractivity (Wildman–Crippen MR) is 61.5 cm³/mol. The van der Waals surface area contributed by atoms with Gasteiger partial charge in [0.1, 0.15) is 5.82 Å². The van der Waals surface area contributed by atoms with E-state index in [2.05, 4.69) is 25.5 Å². The zero-order valence-electron chi connectivity index (χ0n) is 8.95. The van der Waals surface area contributed by atoms with Gasteiger partial charge in [-0.3, -0.25) is 5.10 Å². The van der Waals surface area contributed by atoms with Crippen LogP contribution < -0.4 is 5.32 Å². The molecule has 0 unspecified atom stereocenters. The molecule has 0 spiro atoms. The van der Waals surface area contributed by atoms with Crippen molar-refractivity contribution in [1.82, 2.24) is 20.2 Å². The zero-order chi connectivity index (χ0) is 11.8. The summed E-state index contributed by atoms with van der Waals surface area (Å²) < 4.78 is 0. The van der Waals surface area contributed by atoms with Crippen molar-refractivity contribution >= 4 is 28.5 Å². The molecule has 7 heteroatoms. The molecule has 0 aromatic carbocycles. The molecule has 3 N–H and O–H groups in total. The Hall–Kier alpha value is -1.40. The van der Waals surface area contributed by atoms with Gasteiger partial charge in [-0.25, -0.2) is 0 Å². The number of aliphatic hydroxyl groups excluding tert-OH is 1. The van der Waals surface area contributed by atoms with Crippen molar-refractivity contribution in [1.29, 1.82) is 0 Å². The number of aromatic amines is 1. The molecule has 6 nitrogen and oxygen atoms in total. The molecule has 0 atom stereocenters. The van der Waals surface area contributed by atoms with E-state index in [9.17, 15) is 5.11 Å². The number of H-pyrrole nitrogens is 1. The first-order chi connectivity index (χ1) is 7.52. The van der Waals surface area contributed by atoms with Gasteiger partial charge in [-0.2, -0.15) is 15.1 Å². The van der Waals surface area contributed by atoms with Crippen molar-refractivity contribution in [3.63, 3.8) is 0 Å². The van der Waals surface area contributed by atoms with Gasteiger partial charge in [-0.15, -0.1) is 0 Å². The molecule has 2 aromatic rings. The van der Waals surface area contributed by atoms with E-state index in [4.69, 9.17) is 11.6 Å². The monoisotopic (exact) mass is 241 g/mol. The smallest absolute Gasteiger partial charge is 0.226 e.